The minimum Gasteiger partial charge on any atom is -0.357 e. The molecule has 2 aromatic rings. The number of anilines is 1. The monoisotopic (exact) mass is 555 g/mol. The number of alkyl halides is 3. The van der Waals surface area contributed by atoms with Crippen LogP contribution in [-0.2, 0) is 24.1 Å². The SMILES string of the molecule is CCCC(=O)Nc1cccc(CN=C(NCC)NCc2nc(C(F)(F)F)cs2)c1.I. The van der Waals surface area contributed by atoms with Crippen molar-refractivity contribution in [1.82, 2.24) is 15.6 Å². The van der Waals surface area contributed by atoms with Crippen LogP contribution in [0.25, 0.3) is 0 Å². The van der Waals surface area contributed by atoms with Gasteiger partial charge in [0.05, 0.1) is 13.1 Å². The summed E-state index contributed by atoms with van der Waals surface area (Å²) < 4.78 is 37.9. The first kappa shape index (κ1) is 26.1. The number of hydrogen-bond donors (Lipinski definition) is 3. The standard InChI is InChI=1S/C19H24F3N5OS.HI/c1-3-6-16(28)26-14-8-5-7-13(9-14)10-24-18(23-4-2)25-11-17-27-15(12-29-17)19(20,21)22;/h5,7-9,12H,3-4,6,10-11H2,1-2H3,(H,26,28)(H2,23,24,25);1H. The van der Waals surface area contributed by atoms with Crippen LogP contribution < -0.4 is 16.0 Å². The van der Waals surface area contributed by atoms with E-state index in [1.54, 1.807) is 0 Å². The molecule has 0 aliphatic rings. The lowest BCUT2D eigenvalue weighted by atomic mass is 10.2. The van der Waals surface area contributed by atoms with Crippen molar-refractivity contribution in [3.8, 4) is 0 Å². The van der Waals surface area contributed by atoms with Crippen molar-refractivity contribution in [3.05, 3.63) is 45.9 Å². The minimum absolute atomic E-state index is 0. The molecular weight excluding hydrogens is 530 g/mol. The first-order chi connectivity index (χ1) is 13.8. The molecule has 0 unspecified atom stereocenters. The Labute approximate surface area is 194 Å². The van der Waals surface area contributed by atoms with Crippen molar-refractivity contribution in [2.24, 2.45) is 4.99 Å². The molecule has 0 aliphatic carbocycles. The van der Waals surface area contributed by atoms with Gasteiger partial charge in [0.1, 0.15) is 5.01 Å². The topological polar surface area (TPSA) is 78.4 Å². The number of carbonyl (C=O) groups is 1. The van der Waals surface area contributed by atoms with E-state index < -0.39 is 11.9 Å². The Morgan fingerprint density at radius 2 is 2.00 bits per heavy atom. The molecule has 1 aromatic carbocycles. The summed E-state index contributed by atoms with van der Waals surface area (Å²) in [5.74, 6) is 0.432. The molecule has 0 radical (unpaired) electrons. The second kappa shape index (κ2) is 12.7. The molecule has 0 saturated heterocycles. The largest absolute Gasteiger partial charge is 0.434 e. The summed E-state index contributed by atoms with van der Waals surface area (Å²) >= 11 is 0.946. The summed E-state index contributed by atoms with van der Waals surface area (Å²) in [7, 11) is 0. The molecule has 166 valence electrons. The molecule has 6 nitrogen and oxygen atoms in total. The molecule has 30 heavy (non-hydrogen) atoms. The summed E-state index contributed by atoms with van der Waals surface area (Å²) in [5, 5.41) is 10.2. The van der Waals surface area contributed by atoms with Crippen LogP contribution in [-0.4, -0.2) is 23.4 Å². The van der Waals surface area contributed by atoms with E-state index in [1.807, 2.05) is 38.1 Å². The maximum absolute atomic E-state index is 12.6. The van der Waals surface area contributed by atoms with Crippen LogP contribution in [0.3, 0.4) is 0 Å². The highest BCUT2D eigenvalue weighted by Crippen LogP contribution is 2.29. The van der Waals surface area contributed by atoms with E-state index in [0.29, 0.717) is 36.2 Å². The van der Waals surface area contributed by atoms with Crippen LogP contribution in [0.4, 0.5) is 18.9 Å². The van der Waals surface area contributed by atoms with Crippen LogP contribution in [0.1, 0.15) is 43.0 Å². The highest BCUT2D eigenvalue weighted by atomic mass is 127. The van der Waals surface area contributed by atoms with Crippen molar-refractivity contribution in [1.29, 1.82) is 0 Å². The van der Waals surface area contributed by atoms with Crippen LogP contribution in [0.15, 0.2) is 34.6 Å². The summed E-state index contributed by atoms with van der Waals surface area (Å²) in [5.41, 5.74) is 0.713. The minimum atomic E-state index is -4.44. The van der Waals surface area contributed by atoms with E-state index >= 15 is 0 Å². The summed E-state index contributed by atoms with van der Waals surface area (Å²) in [6.07, 6.45) is -3.20. The zero-order chi connectivity index (χ0) is 21.3. The fourth-order valence-corrected chi connectivity index (χ4v) is 3.13. The van der Waals surface area contributed by atoms with Gasteiger partial charge in [-0.25, -0.2) is 9.98 Å². The van der Waals surface area contributed by atoms with Gasteiger partial charge in [0, 0.05) is 24.0 Å². The third-order valence-corrected chi connectivity index (χ3v) is 4.55. The van der Waals surface area contributed by atoms with E-state index in [4.69, 9.17) is 0 Å². The fraction of sp³-hybridized carbons (Fsp3) is 0.421. The molecule has 0 spiro atoms. The molecule has 11 heteroatoms. The molecule has 0 saturated carbocycles. The number of carbonyl (C=O) groups excluding carboxylic acids is 1. The van der Waals surface area contributed by atoms with Crippen molar-refractivity contribution in [3.63, 3.8) is 0 Å². The molecule has 0 fully saturated rings. The van der Waals surface area contributed by atoms with Crippen LogP contribution in [0.5, 0.6) is 0 Å². The zero-order valence-corrected chi connectivity index (χ0v) is 19.8. The Bertz CT molecular complexity index is 842. The first-order valence-corrected chi connectivity index (χ1v) is 10.1. The number of amides is 1. The predicted octanol–water partition coefficient (Wildman–Crippen LogP) is 4.77. The molecule has 1 heterocycles. The van der Waals surface area contributed by atoms with Gasteiger partial charge in [0.25, 0.3) is 0 Å². The third kappa shape index (κ3) is 8.86. The summed E-state index contributed by atoms with van der Waals surface area (Å²) in [4.78, 5) is 19.8. The van der Waals surface area contributed by atoms with Gasteiger partial charge in [-0.2, -0.15) is 13.2 Å². The van der Waals surface area contributed by atoms with Gasteiger partial charge >= 0.3 is 6.18 Å². The number of rotatable bonds is 8. The number of aliphatic imine (C=N–C) groups is 1. The van der Waals surface area contributed by atoms with Crippen LogP contribution in [0.2, 0.25) is 0 Å². The van der Waals surface area contributed by atoms with Gasteiger partial charge in [-0.15, -0.1) is 35.3 Å². The number of aromatic nitrogens is 1. The van der Waals surface area contributed by atoms with Gasteiger partial charge in [-0.3, -0.25) is 4.79 Å². The van der Waals surface area contributed by atoms with E-state index in [0.717, 1.165) is 28.7 Å². The van der Waals surface area contributed by atoms with Crippen molar-refractivity contribution >= 4 is 52.9 Å². The molecule has 1 aromatic heterocycles. The molecule has 0 bridgehead atoms. The van der Waals surface area contributed by atoms with E-state index in [2.05, 4.69) is 25.9 Å². The highest BCUT2D eigenvalue weighted by Gasteiger charge is 2.33. The van der Waals surface area contributed by atoms with E-state index in [9.17, 15) is 18.0 Å². The average Bonchev–Trinajstić information content (AvgIpc) is 3.14. The lowest BCUT2D eigenvalue weighted by Gasteiger charge is -2.11. The zero-order valence-electron chi connectivity index (χ0n) is 16.7. The van der Waals surface area contributed by atoms with Crippen LogP contribution in [0, 0.1) is 0 Å². The molecular formula is C19H25F3IN5OS. The Morgan fingerprint density at radius 1 is 1.23 bits per heavy atom. The van der Waals surface area contributed by atoms with Gasteiger partial charge in [-0.05, 0) is 31.0 Å². The summed E-state index contributed by atoms with van der Waals surface area (Å²) in [6.45, 7) is 4.92. The number of thiazole rings is 1. The van der Waals surface area contributed by atoms with Gasteiger partial charge in [0.15, 0.2) is 11.7 Å². The maximum atomic E-state index is 12.6. The summed E-state index contributed by atoms with van der Waals surface area (Å²) in [6, 6.07) is 7.38. The van der Waals surface area contributed by atoms with Crippen LogP contribution >= 0.6 is 35.3 Å². The van der Waals surface area contributed by atoms with E-state index in [-0.39, 0.29) is 36.4 Å². The Kier molecular flexibility index (Phi) is 11.1. The normalized spacial score (nSPS) is 11.6. The van der Waals surface area contributed by atoms with Crippen molar-refractivity contribution < 1.29 is 18.0 Å². The maximum Gasteiger partial charge on any atom is 0.434 e. The Morgan fingerprint density at radius 3 is 2.63 bits per heavy atom. The lowest BCUT2D eigenvalue weighted by molar-refractivity contribution is -0.140. The number of nitrogens with one attached hydrogen (secondary N) is 3. The fourth-order valence-electron chi connectivity index (χ4n) is 2.39. The average molecular weight is 555 g/mol. The first-order valence-electron chi connectivity index (χ1n) is 9.24. The molecule has 2 rings (SSSR count). The number of nitrogens with zero attached hydrogens (tertiary/aromatic N) is 2. The third-order valence-electron chi connectivity index (χ3n) is 3.70. The quantitative estimate of drug-likeness (QED) is 0.249. The number of guanidine groups is 1. The predicted molar refractivity (Wildman–Crippen MR) is 124 cm³/mol. The van der Waals surface area contributed by atoms with Crippen molar-refractivity contribution in [2.45, 2.75) is 46.0 Å². The van der Waals surface area contributed by atoms with Crippen molar-refractivity contribution in [2.75, 3.05) is 11.9 Å². The molecule has 1 amide bonds. The van der Waals surface area contributed by atoms with Gasteiger partial charge < -0.3 is 16.0 Å². The van der Waals surface area contributed by atoms with Gasteiger partial charge in [-0.1, -0.05) is 19.1 Å². The Hall–Kier alpha value is -1.89. The number of benzene rings is 1. The van der Waals surface area contributed by atoms with E-state index in [1.165, 1.54) is 0 Å². The Balaban J connectivity index is 0.00000450. The van der Waals surface area contributed by atoms with Gasteiger partial charge in [0.2, 0.25) is 5.91 Å². The highest BCUT2D eigenvalue weighted by molar-refractivity contribution is 14.0. The number of hydrogen-bond acceptors (Lipinski definition) is 4. The second-order valence-electron chi connectivity index (χ2n) is 6.17. The number of halogens is 4. The smallest absolute Gasteiger partial charge is 0.357 e. The second-order valence-corrected chi connectivity index (χ2v) is 7.11. The molecule has 0 atom stereocenters. The molecule has 3 N–H and O–H groups in total. The molecule has 0 aliphatic heterocycles. The lowest BCUT2D eigenvalue weighted by Crippen LogP contribution is -2.36.